The molecular weight excluding hydrogens is 267 g/mol. The van der Waals surface area contributed by atoms with Gasteiger partial charge < -0.3 is 5.32 Å². The van der Waals surface area contributed by atoms with Crippen LogP contribution in [0.15, 0.2) is 48.7 Å². The first kappa shape index (κ1) is 13.7. The average molecular weight is 284 g/mol. The van der Waals surface area contributed by atoms with E-state index >= 15 is 0 Å². The van der Waals surface area contributed by atoms with Gasteiger partial charge in [0.1, 0.15) is 5.82 Å². The summed E-state index contributed by atoms with van der Waals surface area (Å²) in [7, 11) is 0. The Morgan fingerprint density at radius 3 is 2.57 bits per heavy atom. The fourth-order valence-electron chi connectivity index (χ4n) is 2.52. The zero-order chi connectivity index (χ0) is 14.8. The second kappa shape index (κ2) is 5.61. The van der Waals surface area contributed by atoms with Gasteiger partial charge in [-0.1, -0.05) is 24.3 Å². The number of benzene rings is 1. The number of pyridine rings is 1. The third-order valence-corrected chi connectivity index (χ3v) is 3.60. The number of aromatic nitrogens is 3. The van der Waals surface area contributed by atoms with Crippen molar-refractivity contribution in [2.45, 2.75) is 25.9 Å². The van der Waals surface area contributed by atoms with Crippen molar-refractivity contribution in [1.29, 1.82) is 0 Å². The minimum absolute atomic E-state index is 0.0444. The Hall–Kier alpha value is -2.27. The maximum atomic E-state index is 13.8. The topological polar surface area (TPSA) is 42.2 Å². The Morgan fingerprint density at radius 1 is 1.00 bits per heavy atom. The van der Waals surface area contributed by atoms with E-state index in [2.05, 4.69) is 15.5 Å². The lowest BCUT2D eigenvalue weighted by Crippen LogP contribution is -2.24. The molecule has 0 bridgehead atoms. The van der Waals surface area contributed by atoms with E-state index in [0.29, 0.717) is 5.56 Å². The van der Waals surface area contributed by atoms with Crippen LogP contribution in [0, 0.1) is 5.82 Å². The Morgan fingerprint density at radius 2 is 1.76 bits per heavy atom. The van der Waals surface area contributed by atoms with Crippen molar-refractivity contribution in [3.05, 3.63) is 65.9 Å². The highest BCUT2D eigenvalue weighted by Gasteiger charge is 2.17. The van der Waals surface area contributed by atoms with Crippen LogP contribution in [0.2, 0.25) is 0 Å². The number of nitrogens with zero attached hydrogens (tertiary/aromatic N) is 3. The number of fused-ring (bicyclic) bond motifs is 1. The van der Waals surface area contributed by atoms with Crippen LogP contribution in [0.3, 0.4) is 0 Å². The van der Waals surface area contributed by atoms with Gasteiger partial charge in [-0.15, -0.1) is 10.2 Å². The predicted octanol–water partition coefficient (Wildman–Crippen LogP) is 3.28. The van der Waals surface area contributed by atoms with Gasteiger partial charge in [0.25, 0.3) is 0 Å². The summed E-state index contributed by atoms with van der Waals surface area (Å²) in [5.74, 6) is 0.615. The van der Waals surface area contributed by atoms with Crippen molar-refractivity contribution in [3.63, 3.8) is 0 Å². The summed E-state index contributed by atoms with van der Waals surface area (Å²) in [5, 5.41) is 11.7. The smallest absolute Gasteiger partial charge is 0.160 e. The molecule has 2 aromatic heterocycles. The first-order chi connectivity index (χ1) is 10.2. The lowest BCUT2D eigenvalue weighted by molar-refractivity contribution is 0.457. The summed E-state index contributed by atoms with van der Waals surface area (Å²) in [4.78, 5) is 0. The van der Waals surface area contributed by atoms with Gasteiger partial charge in [-0.2, -0.15) is 0 Å². The van der Waals surface area contributed by atoms with Crippen LogP contribution in [-0.4, -0.2) is 14.6 Å². The van der Waals surface area contributed by atoms with Gasteiger partial charge >= 0.3 is 0 Å². The minimum Gasteiger partial charge on any atom is -0.301 e. The first-order valence-electron chi connectivity index (χ1n) is 6.97. The van der Waals surface area contributed by atoms with E-state index in [4.69, 9.17) is 0 Å². The summed E-state index contributed by atoms with van der Waals surface area (Å²) in [5.41, 5.74) is 1.46. The molecule has 0 spiro atoms. The monoisotopic (exact) mass is 284 g/mol. The molecule has 108 valence electrons. The fraction of sp³-hybridized carbons (Fsp3) is 0.250. The molecule has 2 atom stereocenters. The van der Waals surface area contributed by atoms with E-state index < -0.39 is 0 Å². The van der Waals surface area contributed by atoms with E-state index in [1.54, 1.807) is 12.1 Å². The van der Waals surface area contributed by atoms with E-state index in [9.17, 15) is 4.39 Å². The lowest BCUT2D eigenvalue weighted by atomic mass is 10.1. The normalized spacial score (nSPS) is 14.2. The zero-order valence-corrected chi connectivity index (χ0v) is 12.0. The van der Waals surface area contributed by atoms with Crippen LogP contribution < -0.4 is 5.32 Å². The van der Waals surface area contributed by atoms with Gasteiger partial charge in [0.2, 0.25) is 0 Å². The van der Waals surface area contributed by atoms with E-state index in [-0.39, 0.29) is 17.9 Å². The van der Waals surface area contributed by atoms with Crippen LogP contribution in [0.25, 0.3) is 5.65 Å². The zero-order valence-electron chi connectivity index (χ0n) is 12.0. The molecule has 0 aliphatic carbocycles. The highest BCUT2D eigenvalue weighted by Crippen LogP contribution is 2.20. The van der Waals surface area contributed by atoms with Gasteiger partial charge in [0.15, 0.2) is 11.5 Å². The second-order valence-corrected chi connectivity index (χ2v) is 5.12. The number of nitrogens with one attached hydrogen (secondary N) is 1. The molecule has 5 heteroatoms. The molecule has 1 aromatic carbocycles. The summed E-state index contributed by atoms with van der Waals surface area (Å²) in [6, 6.07) is 12.4. The molecule has 0 aliphatic heterocycles. The molecule has 3 rings (SSSR count). The standard InChI is InChI=1S/C16H17FN4/c1-11(13-7-3-4-8-14(13)17)18-12(2)16-20-19-15-9-5-6-10-21(15)16/h3-12,18H,1-2H3. The number of halogens is 1. The van der Waals surface area contributed by atoms with E-state index in [1.165, 1.54) is 6.07 Å². The van der Waals surface area contributed by atoms with Crippen molar-refractivity contribution >= 4 is 5.65 Å². The van der Waals surface area contributed by atoms with Crippen LogP contribution in [0.4, 0.5) is 4.39 Å². The highest BCUT2D eigenvalue weighted by atomic mass is 19.1. The van der Waals surface area contributed by atoms with Gasteiger partial charge in [-0.25, -0.2) is 4.39 Å². The average Bonchev–Trinajstić information content (AvgIpc) is 2.91. The van der Waals surface area contributed by atoms with Gasteiger partial charge in [-0.05, 0) is 32.0 Å². The quantitative estimate of drug-likeness (QED) is 0.799. The molecule has 0 aliphatic rings. The van der Waals surface area contributed by atoms with Gasteiger partial charge in [0.05, 0.1) is 6.04 Å². The molecule has 0 fully saturated rings. The minimum atomic E-state index is -0.198. The highest BCUT2D eigenvalue weighted by molar-refractivity contribution is 5.37. The Bertz CT molecular complexity index is 753. The first-order valence-corrected chi connectivity index (χ1v) is 6.97. The van der Waals surface area contributed by atoms with Gasteiger partial charge in [0, 0.05) is 17.8 Å². The van der Waals surface area contributed by atoms with E-state index in [0.717, 1.165) is 11.5 Å². The lowest BCUT2D eigenvalue weighted by Gasteiger charge is -2.19. The van der Waals surface area contributed by atoms with Crippen LogP contribution in [-0.2, 0) is 0 Å². The van der Waals surface area contributed by atoms with Crippen LogP contribution in [0.1, 0.15) is 37.3 Å². The molecule has 2 unspecified atom stereocenters. The summed E-state index contributed by atoms with van der Waals surface area (Å²) >= 11 is 0. The number of hydrogen-bond acceptors (Lipinski definition) is 3. The molecule has 0 saturated carbocycles. The Kier molecular flexibility index (Phi) is 3.66. The molecule has 4 nitrogen and oxygen atoms in total. The van der Waals surface area contributed by atoms with Crippen molar-refractivity contribution in [3.8, 4) is 0 Å². The van der Waals surface area contributed by atoms with Gasteiger partial charge in [-0.3, -0.25) is 4.40 Å². The summed E-state index contributed by atoms with van der Waals surface area (Å²) in [6.45, 7) is 3.94. The summed E-state index contributed by atoms with van der Waals surface area (Å²) in [6.07, 6.45) is 1.93. The second-order valence-electron chi connectivity index (χ2n) is 5.12. The number of hydrogen-bond donors (Lipinski definition) is 1. The maximum absolute atomic E-state index is 13.8. The fourth-order valence-corrected chi connectivity index (χ4v) is 2.52. The SMILES string of the molecule is CC(NC(C)c1nnc2ccccn12)c1ccccc1F. The molecule has 1 N–H and O–H groups in total. The molecule has 0 amide bonds. The van der Waals surface area contributed by atoms with Crippen molar-refractivity contribution in [1.82, 2.24) is 19.9 Å². The van der Waals surface area contributed by atoms with Crippen molar-refractivity contribution in [2.75, 3.05) is 0 Å². The van der Waals surface area contributed by atoms with Crippen molar-refractivity contribution < 1.29 is 4.39 Å². The van der Waals surface area contributed by atoms with Crippen LogP contribution >= 0.6 is 0 Å². The third-order valence-electron chi connectivity index (χ3n) is 3.60. The molecule has 0 radical (unpaired) electrons. The molecule has 0 saturated heterocycles. The van der Waals surface area contributed by atoms with Crippen molar-refractivity contribution in [2.24, 2.45) is 0 Å². The maximum Gasteiger partial charge on any atom is 0.160 e. The molecule has 21 heavy (non-hydrogen) atoms. The largest absolute Gasteiger partial charge is 0.301 e. The third kappa shape index (κ3) is 2.64. The summed E-state index contributed by atoms with van der Waals surface area (Å²) < 4.78 is 15.7. The van der Waals surface area contributed by atoms with Crippen LogP contribution in [0.5, 0.6) is 0 Å². The molecule has 2 heterocycles. The Balaban J connectivity index is 1.83. The molecule has 3 aromatic rings. The van der Waals surface area contributed by atoms with E-state index in [1.807, 2.05) is 48.7 Å². The molecular formula is C16H17FN4. The Labute approximate surface area is 122 Å². The number of rotatable bonds is 4. The predicted molar refractivity (Wildman–Crippen MR) is 79.4 cm³/mol.